The number of hydrogen-bond donors (Lipinski definition) is 0. The Morgan fingerprint density at radius 1 is 0.273 bits per heavy atom. The Kier molecular flexibility index (Phi) is 61.3. The fourth-order valence-corrected chi connectivity index (χ4v) is 8.87. The Morgan fingerprint density at radius 2 is 0.519 bits per heavy atom. The maximum Gasteiger partial charge on any atom is 0.306 e. The number of carbonyl (C=O) groups is 3. The lowest BCUT2D eigenvalue weighted by Crippen LogP contribution is -2.30. The number of allylic oxidation sites excluding steroid dienone is 18. The first-order valence-electron chi connectivity index (χ1n) is 32.4. The van der Waals surface area contributed by atoms with Crippen molar-refractivity contribution < 1.29 is 28.6 Å². The number of esters is 3. The molecule has 0 aromatic rings. The molecule has 0 saturated heterocycles. The van der Waals surface area contributed by atoms with Crippen LogP contribution in [0.25, 0.3) is 0 Å². The maximum absolute atomic E-state index is 12.9. The van der Waals surface area contributed by atoms with E-state index in [1.807, 2.05) is 0 Å². The van der Waals surface area contributed by atoms with Gasteiger partial charge in [-0.3, -0.25) is 14.4 Å². The number of unbranched alkanes of at least 4 members (excludes halogenated alkanes) is 29. The van der Waals surface area contributed by atoms with Crippen LogP contribution in [0.1, 0.15) is 303 Å². The molecule has 77 heavy (non-hydrogen) atoms. The Bertz CT molecular complexity index is 1560. The van der Waals surface area contributed by atoms with Crippen LogP contribution in [0.2, 0.25) is 0 Å². The summed E-state index contributed by atoms with van der Waals surface area (Å²) in [6, 6.07) is 0. The van der Waals surface area contributed by atoms with Crippen LogP contribution in [-0.4, -0.2) is 37.2 Å². The number of rotatable bonds is 58. The van der Waals surface area contributed by atoms with Gasteiger partial charge in [-0.2, -0.15) is 0 Å². The van der Waals surface area contributed by atoms with E-state index in [0.29, 0.717) is 19.3 Å². The first-order valence-corrected chi connectivity index (χ1v) is 32.4. The lowest BCUT2D eigenvalue weighted by atomic mass is 10.1. The number of hydrogen-bond acceptors (Lipinski definition) is 6. The van der Waals surface area contributed by atoms with Crippen LogP contribution in [0.5, 0.6) is 0 Å². The molecule has 6 heteroatoms. The molecular weight excluding hydrogens is 949 g/mol. The standard InChI is InChI=1S/C71H120O6/c1-4-7-10-13-16-19-22-24-26-28-30-31-32-33-34-35-36-37-38-39-41-42-44-46-49-52-55-58-61-64-70(73)76-67-68(66-75-69(72)63-60-57-54-51-48-21-18-15-12-9-6-3)77-71(74)65-62-59-56-53-50-47-45-43-40-29-27-25-23-20-17-14-11-8-5-2/h7,10,15-16,18-19,24-27,30-31,33-34,36-37,39,41,68H,4-6,8-9,11-14,17,20-23,28-29,32,35,38,40,42-67H2,1-3H3/b10-7-,18-15-,19-16-,26-24-,27-25-,31-30-,34-33-,37-36-,41-39-. The minimum absolute atomic E-state index is 0.0863. The van der Waals surface area contributed by atoms with Gasteiger partial charge in [0.15, 0.2) is 6.10 Å². The molecule has 0 aromatic carbocycles. The van der Waals surface area contributed by atoms with Crippen molar-refractivity contribution in [3.63, 3.8) is 0 Å². The fraction of sp³-hybridized carbons (Fsp3) is 0.704. The molecule has 0 rings (SSSR count). The van der Waals surface area contributed by atoms with E-state index in [-0.39, 0.29) is 31.1 Å². The number of carbonyl (C=O) groups excluding carboxylic acids is 3. The van der Waals surface area contributed by atoms with Crippen molar-refractivity contribution in [3.05, 3.63) is 109 Å². The molecule has 0 aliphatic heterocycles. The van der Waals surface area contributed by atoms with Crippen LogP contribution in [-0.2, 0) is 28.6 Å². The van der Waals surface area contributed by atoms with E-state index in [4.69, 9.17) is 14.2 Å². The Balaban J connectivity index is 4.30. The Morgan fingerprint density at radius 3 is 0.844 bits per heavy atom. The molecular formula is C71H120O6. The van der Waals surface area contributed by atoms with Gasteiger partial charge >= 0.3 is 17.9 Å². The first-order chi connectivity index (χ1) is 38.0. The van der Waals surface area contributed by atoms with Gasteiger partial charge in [0.05, 0.1) is 0 Å². The third-order valence-corrected chi connectivity index (χ3v) is 13.7. The van der Waals surface area contributed by atoms with Crippen molar-refractivity contribution in [2.24, 2.45) is 0 Å². The molecule has 0 heterocycles. The van der Waals surface area contributed by atoms with E-state index < -0.39 is 6.10 Å². The van der Waals surface area contributed by atoms with E-state index in [9.17, 15) is 14.4 Å². The van der Waals surface area contributed by atoms with Gasteiger partial charge in [0, 0.05) is 19.3 Å². The van der Waals surface area contributed by atoms with Crippen molar-refractivity contribution in [2.45, 2.75) is 309 Å². The number of ether oxygens (including phenoxy) is 3. The molecule has 0 amide bonds. The summed E-state index contributed by atoms with van der Waals surface area (Å²) in [5, 5.41) is 0. The molecule has 0 fully saturated rings. The Hall–Kier alpha value is -3.93. The van der Waals surface area contributed by atoms with Gasteiger partial charge in [0.2, 0.25) is 0 Å². The third-order valence-electron chi connectivity index (χ3n) is 13.7. The van der Waals surface area contributed by atoms with Gasteiger partial charge in [-0.1, -0.05) is 271 Å². The van der Waals surface area contributed by atoms with Gasteiger partial charge < -0.3 is 14.2 Å². The summed E-state index contributed by atoms with van der Waals surface area (Å²) in [7, 11) is 0. The summed E-state index contributed by atoms with van der Waals surface area (Å²) in [6.07, 6.45) is 88.1. The summed E-state index contributed by atoms with van der Waals surface area (Å²) in [4.78, 5) is 38.3. The van der Waals surface area contributed by atoms with Crippen molar-refractivity contribution in [3.8, 4) is 0 Å². The van der Waals surface area contributed by atoms with Gasteiger partial charge in [0.25, 0.3) is 0 Å². The molecule has 440 valence electrons. The quantitative estimate of drug-likeness (QED) is 0.0261. The SMILES string of the molecule is CC/C=C\C/C=C\C/C=C\C/C=C\C/C=C\C/C=C\C/C=C\CCCCCCCCCC(=O)OCC(COC(=O)CCCCCCC/C=C\CCCC)OC(=O)CCCCCCCCCCC/C=C\CCCCCCCC. The summed E-state index contributed by atoms with van der Waals surface area (Å²) < 4.78 is 16.9. The van der Waals surface area contributed by atoms with Gasteiger partial charge in [-0.05, 0) is 122 Å². The monoisotopic (exact) mass is 1070 g/mol. The van der Waals surface area contributed by atoms with Crippen molar-refractivity contribution in [2.75, 3.05) is 13.2 Å². The van der Waals surface area contributed by atoms with Crippen LogP contribution >= 0.6 is 0 Å². The van der Waals surface area contributed by atoms with E-state index in [1.165, 1.54) is 148 Å². The minimum atomic E-state index is -0.789. The average Bonchev–Trinajstić information content (AvgIpc) is 3.43. The zero-order chi connectivity index (χ0) is 55.7. The molecule has 1 unspecified atom stereocenters. The first kappa shape index (κ1) is 73.1. The summed E-state index contributed by atoms with van der Waals surface area (Å²) >= 11 is 0. The van der Waals surface area contributed by atoms with Gasteiger partial charge in [-0.15, -0.1) is 0 Å². The zero-order valence-corrected chi connectivity index (χ0v) is 50.4. The third kappa shape index (κ3) is 62.8. The molecule has 0 aromatic heterocycles. The van der Waals surface area contributed by atoms with Gasteiger partial charge in [-0.25, -0.2) is 0 Å². The largest absolute Gasteiger partial charge is 0.462 e. The van der Waals surface area contributed by atoms with Crippen LogP contribution < -0.4 is 0 Å². The lowest BCUT2D eigenvalue weighted by molar-refractivity contribution is -0.167. The highest BCUT2D eigenvalue weighted by atomic mass is 16.6. The molecule has 0 aliphatic rings. The minimum Gasteiger partial charge on any atom is -0.462 e. The van der Waals surface area contributed by atoms with Crippen molar-refractivity contribution in [1.29, 1.82) is 0 Å². The molecule has 6 nitrogen and oxygen atoms in total. The molecule has 1 atom stereocenters. The summed E-state index contributed by atoms with van der Waals surface area (Å²) in [5.74, 6) is -0.902. The van der Waals surface area contributed by atoms with Crippen LogP contribution in [0.3, 0.4) is 0 Å². The highest BCUT2D eigenvalue weighted by Crippen LogP contribution is 2.16. The zero-order valence-electron chi connectivity index (χ0n) is 50.4. The molecule has 0 bridgehead atoms. The fourth-order valence-electron chi connectivity index (χ4n) is 8.87. The lowest BCUT2D eigenvalue weighted by Gasteiger charge is -2.18. The van der Waals surface area contributed by atoms with Crippen molar-refractivity contribution in [1.82, 2.24) is 0 Å². The van der Waals surface area contributed by atoms with Gasteiger partial charge in [0.1, 0.15) is 13.2 Å². The smallest absolute Gasteiger partial charge is 0.306 e. The van der Waals surface area contributed by atoms with E-state index in [2.05, 4.69) is 130 Å². The van der Waals surface area contributed by atoms with Crippen LogP contribution in [0.4, 0.5) is 0 Å². The van der Waals surface area contributed by atoms with E-state index in [0.717, 1.165) is 116 Å². The molecule has 0 saturated carbocycles. The molecule has 0 aliphatic carbocycles. The predicted molar refractivity (Wildman–Crippen MR) is 334 cm³/mol. The predicted octanol–water partition coefficient (Wildman–Crippen LogP) is 22.2. The second-order valence-corrected chi connectivity index (χ2v) is 21.3. The van der Waals surface area contributed by atoms with Crippen molar-refractivity contribution >= 4 is 17.9 Å². The summed E-state index contributed by atoms with van der Waals surface area (Å²) in [5.41, 5.74) is 0. The van der Waals surface area contributed by atoms with E-state index >= 15 is 0 Å². The Labute approximate surface area is 476 Å². The van der Waals surface area contributed by atoms with Crippen LogP contribution in [0, 0.1) is 0 Å². The van der Waals surface area contributed by atoms with Crippen LogP contribution in [0.15, 0.2) is 109 Å². The second-order valence-electron chi connectivity index (χ2n) is 21.3. The highest BCUT2D eigenvalue weighted by molar-refractivity contribution is 5.71. The van der Waals surface area contributed by atoms with E-state index in [1.54, 1.807) is 0 Å². The molecule has 0 N–H and O–H groups in total. The topological polar surface area (TPSA) is 78.9 Å². The average molecular weight is 1070 g/mol. The second kappa shape index (κ2) is 64.6. The molecule has 0 spiro atoms. The maximum atomic E-state index is 12.9. The highest BCUT2D eigenvalue weighted by Gasteiger charge is 2.19. The normalized spacial score (nSPS) is 12.8. The molecule has 0 radical (unpaired) electrons. The summed E-state index contributed by atoms with van der Waals surface area (Å²) in [6.45, 7) is 6.48.